The standard InChI is InChI=1S/C16H20ClNO3/c1-11(18-8-6-13(7-9-18)16(20)21)10-15(19)12-2-4-14(17)5-3-12/h2-5,11,13H,6-10H2,1H3,(H,20,21). The lowest BCUT2D eigenvalue weighted by Crippen LogP contribution is -2.42. The number of carbonyl (C=O) groups excluding carboxylic acids is 1. The van der Waals surface area contributed by atoms with Crippen LogP contribution in [0.2, 0.25) is 5.02 Å². The van der Waals surface area contributed by atoms with Crippen molar-refractivity contribution in [2.24, 2.45) is 5.92 Å². The number of halogens is 1. The number of likely N-dealkylation sites (tertiary alicyclic amines) is 1. The fourth-order valence-corrected chi connectivity index (χ4v) is 2.86. The van der Waals surface area contributed by atoms with Gasteiger partial charge in [0.2, 0.25) is 0 Å². The zero-order valence-corrected chi connectivity index (χ0v) is 12.8. The maximum Gasteiger partial charge on any atom is 0.306 e. The summed E-state index contributed by atoms with van der Waals surface area (Å²) in [5.41, 5.74) is 0.673. The Hall–Kier alpha value is -1.39. The minimum Gasteiger partial charge on any atom is -0.481 e. The van der Waals surface area contributed by atoms with Gasteiger partial charge in [0.1, 0.15) is 0 Å². The molecule has 1 N–H and O–H groups in total. The van der Waals surface area contributed by atoms with Crippen molar-refractivity contribution in [3.63, 3.8) is 0 Å². The molecule has 1 aliphatic rings. The number of carboxylic acid groups (broad SMARTS) is 1. The first kappa shape index (κ1) is 16.0. The molecule has 1 heterocycles. The minimum absolute atomic E-state index is 0.0968. The highest BCUT2D eigenvalue weighted by atomic mass is 35.5. The number of Topliss-reactive ketones (excluding diaryl/α,β-unsaturated/α-hetero) is 1. The lowest BCUT2D eigenvalue weighted by molar-refractivity contribution is -0.143. The van der Waals surface area contributed by atoms with Gasteiger partial charge in [0, 0.05) is 23.0 Å². The van der Waals surface area contributed by atoms with Crippen molar-refractivity contribution in [2.75, 3.05) is 13.1 Å². The van der Waals surface area contributed by atoms with Crippen LogP contribution in [0.3, 0.4) is 0 Å². The number of carbonyl (C=O) groups is 2. The SMILES string of the molecule is CC(CC(=O)c1ccc(Cl)cc1)N1CCC(C(=O)O)CC1. The highest BCUT2D eigenvalue weighted by Gasteiger charge is 2.27. The second-order valence-corrected chi connectivity index (χ2v) is 6.07. The van der Waals surface area contributed by atoms with Crippen molar-refractivity contribution < 1.29 is 14.7 Å². The van der Waals surface area contributed by atoms with Gasteiger partial charge in [-0.05, 0) is 57.1 Å². The molecule has 21 heavy (non-hydrogen) atoms. The van der Waals surface area contributed by atoms with Gasteiger partial charge < -0.3 is 10.0 Å². The summed E-state index contributed by atoms with van der Waals surface area (Å²) >= 11 is 5.82. The van der Waals surface area contributed by atoms with Crippen molar-refractivity contribution in [1.29, 1.82) is 0 Å². The summed E-state index contributed by atoms with van der Waals surface area (Å²) in [6, 6.07) is 7.06. The Morgan fingerprint density at radius 2 is 1.86 bits per heavy atom. The maximum absolute atomic E-state index is 12.2. The van der Waals surface area contributed by atoms with Crippen molar-refractivity contribution in [1.82, 2.24) is 4.90 Å². The molecule has 1 saturated heterocycles. The normalized spacial score (nSPS) is 18.4. The van der Waals surface area contributed by atoms with Gasteiger partial charge in [-0.2, -0.15) is 0 Å². The van der Waals surface area contributed by atoms with Crippen LogP contribution >= 0.6 is 11.6 Å². The number of piperidine rings is 1. The first-order valence-electron chi connectivity index (χ1n) is 7.23. The zero-order valence-electron chi connectivity index (χ0n) is 12.1. The molecule has 1 aliphatic heterocycles. The van der Waals surface area contributed by atoms with Crippen molar-refractivity contribution in [2.45, 2.75) is 32.2 Å². The molecule has 1 fully saturated rings. The second kappa shape index (κ2) is 7.05. The molecule has 1 atom stereocenters. The van der Waals surface area contributed by atoms with E-state index in [9.17, 15) is 9.59 Å². The number of carboxylic acids is 1. The lowest BCUT2D eigenvalue weighted by atomic mass is 9.95. The van der Waals surface area contributed by atoms with Gasteiger partial charge in [-0.25, -0.2) is 0 Å². The average Bonchev–Trinajstić information content (AvgIpc) is 2.47. The maximum atomic E-state index is 12.2. The molecule has 114 valence electrons. The Labute approximate surface area is 129 Å². The van der Waals surface area contributed by atoms with Crippen LogP contribution in [0.4, 0.5) is 0 Å². The van der Waals surface area contributed by atoms with Gasteiger partial charge in [-0.15, -0.1) is 0 Å². The number of hydrogen-bond acceptors (Lipinski definition) is 3. The molecule has 4 nitrogen and oxygen atoms in total. The third kappa shape index (κ3) is 4.29. The summed E-state index contributed by atoms with van der Waals surface area (Å²) in [5, 5.41) is 9.62. The Morgan fingerprint density at radius 1 is 1.29 bits per heavy atom. The van der Waals surface area contributed by atoms with Crippen molar-refractivity contribution in [3.05, 3.63) is 34.9 Å². The monoisotopic (exact) mass is 309 g/mol. The van der Waals surface area contributed by atoms with Crippen LogP contribution in [0, 0.1) is 5.92 Å². The van der Waals surface area contributed by atoms with Gasteiger partial charge >= 0.3 is 5.97 Å². The van der Waals surface area contributed by atoms with E-state index in [1.54, 1.807) is 24.3 Å². The van der Waals surface area contributed by atoms with E-state index in [2.05, 4.69) is 4.90 Å². The Morgan fingerprint density at radius 3 is 2.38 bits per heavy atom. The number of ketones is 1. The fourth-order valence-electron chi connectivity index (χ4n) is 2.74. The minimum atomic E-state index is -0.709. The van der Waals surface area contributed by atoms with Gasteiger partial charge in [0.25, 0.3) is 0 Å². The van der Waals surface area contributed by atoms with E-state index in [-0.39, 0.29) is 17.7 Å². The van der Waals surface area contributed by atoms with E-state index in [4.69, 9.17) is 16.7 Å². The number of hydrogen-bond donors (Lipinski definition) is 1. The number of aliphatic carboxylic acids is 1. The van der Waals surface area contributed by atoms with E-state index >= 15 is 0 Å². The molecule has 5 heteroatoms. The molecular formula is C16H20ClNO3. The topological polar surface area (TPSA) is 57.6 Å². The summed E-state index contributed by atoms with van der Waals surface area (Å²) < 4.78 is 0. The largest absolute Gasteiger partial charge is 0.481 e. The molecule has 0 bridgehead atoms. The van der Waals surface area contributed by atoms with Crippen LogP contribution in [0.25, 0.3) is 0 Å². The number of nitrogens with zero attached hydrogens (tertiary/aromatic N) is 1. The summed E-state index contributed by atoms with van der Waals surface area (Å²) in [7, 11) is 0. The second-order valence-electron chi connectivity index (χ2n) is 5.63. The summed E-state index contributed by atoms with van der Waals surface area (Å²) in [6.07, 6.45) is 1.77. The van der Waals surface area contributed by atoms with E-state index in [1.807, 2.05) is 6.92 Å². The smallest absolute Gasteiger partial charge is 0.306 e. The molecule has 0 radical (unpaired) electrons. The predicted octanol–water partition coefficient (Wildman–Crippen LogP) is 3.10. The molecule has 1 aromatic carbocycles. The Bertz CT molecular complexity index is 507. The lowest BCUT2D eigenvalue weighted by Gasteiger charge is -2.34. The first-order chi connectivity index (χ1) is 9.97. The van der Waals surface area contributed by atoms with Crippen molar-refractivity contribution in [3.8, 4) is 0 Å². The van der Waals surface area contributed by atoms with E-state index in [1.165, 1.54) is 0 Å². The van der Waals surface area contributed by atoms with Gasteiger partial charge in [-0.3, -0.25) is 9.59 Å². The van der Waals surface area contributed by atoms with Crippen LogP contribution in [-0.4, -0.2) is 40.9 Å². The third-order valence-corrected chi connectivity index (χ3v) is 4.40. The molecule has 0 saturated carbocycles. The molecule has 0 aliphatic carbocycles. The summed E-state index contributed by atoms with van der Waals surface area (Å²) in [6.45, 7) is 3.51. The predicted molar refractivity (Wildman–Crippen MR) is 81.8 cm³/mol. The Kier molecular flexibility index (Phi) is 5.37. The Balaban J connectivity index is 1.87. The van der Waals surface area contributed by atoms with E-state index < -0.39 is 5.97 Å². The molecular weight excluding hydrogens is 290 g/mol. The van der Waals surface area contributed by atoms with Gasteiger partial charge in [0.15, 0.2) is 5.78 Å². The first-order valence-corrected chi connectivity index (χ1v) is 7.61. The molecule has 2 rings (SSSR count). The molecule has 0 aromatic heterocycles. The number of benzene rings is 1. The van der Waals surface area contributed by atoms with Crippen LogP contribution in [0.5, 0.6) is 0 Å². The molecule has 1 aromatic rings. The fraction of sp³-hybridized carbons (Fsp3) is 0.500. The number of rotatable bonds is 5. The zero-order chi connectivity index (χ0) is 15.4. The quantitative estimate of drug-likeness (QED) is 0.849. The van der Waals surface area contributed by atoms with Crippen LogP contribution in [0.1, 0.15) is 36.5 Å². The van der Waals surface area contributed by atoms with Crippen LogP contribution in [-0.2, 0) is 4.79 Å². The van der Waals surface area contributed by atoms with Gasteiger partial charge in [-0.1, -0.05) is 11.6 Å². The molecule has 1 unspecified atom stereocenters. The van der Waals surface area contributed by atoms with Gasteiger partial charge in [0.05, 0.1) is 5.92 Å². The average molecular weight is 310 g/mol. The van der Waals surface area contributed by atoms with E-state index in [0.29, 0.717) is 29.8 Å². The van der Waals surface area contributed by atoms with Crippen molar-refractivity contribution >= 4 is 23.4 Å². The highest BCUT2D eigenvalue weighted by Crippen LogP contribution is 2.21. The van der Waals surface area contributed by atoms with E-state index in [0.717, 1.165) is 13.1 Å². The summed E-state index contributed by atoms with van der Waals surface area (Å²) in [5.74, 6) is -0.848. The summed E-state index contributed by atoms with van der Waals surface area (Å²) in [4.78, 5) is 25.4. The molecule has 0 amide bonds. The third-order valence-electron chi connectivity index (χ3n) is 4.15. The molecule has 0 spiro atoms. The highest BCUT2D eigenvalue weighted by molar-refractivity contribution is 6.30. The van der Waals surface area contributed by atoms with Crippen LogP contribution in [0.15, 0.2) is 24.3 Å². The van der Waals surface area contributed by atoms with Crippen LogP contribution < -0.4 is 0 Å².